The zero-order valence-electron chi connectivity index (χ0n) is 8.76. The maximum absolute atomic E-state index is 9.90. The summed E-state index contributed by atoms with van der Waals surface area (Å²) in [5.41, 5.74) is 1.96. The zero-order chi connectivity index (χ0) is 10.6. The van der Waals surface area contributed by atoms with Crippen molar-refractivity contribution in [3.63, 3.8) is 0 Å². The molecule has 1 unspecified atom stereocenters. The Morgan fingerprint density at radius 2 is 2.14 bits per heavy atom. The van der Waals surface area contributed by atoms with Gasteiger partial charge in [-0.05, 0) is 30.5 Å². The smallest absolute Gasteiger partial charge is 0.0793 e. The molecule has 0 fully saturated rings. The van der Waals surface area contributed by atoms with E-state index < -0.39 is 0 Å². The van der Waals surface area contributed by atoms with Crippen LogP contribution in [0.25, 0.3) is 0 Å². The Bertz CT molecular complexity index is 296. The molecular formula is C12H17ClO. The van der Waals surface area contributed by atoms with E-state index in [1.807, 2.05) is 25.1 Å². The summed E-state index contributed by atoms with van der Waals surface area (Å²) in [4.78, 5) is 0. The second kappa shape index (κ2) is 5.38. The largest absolute Gasteiger partial charge is 0.388 e. The van der Waals surface area contributed by atoms with Crippen LogP contribution in [0.1, 0.15) is 43.4 Å². The first kappa shape index (κ1) is 11.5. The van der Waals surface area contributed by atoms with Gasteiger partial charge in [-0.3, -0.25) is 0 Å². The highest BCUT2D eigenvalue weighted by Gasteiger charge is 2.10. The average molecular weight is 213 g/mol. The molecule has 1 rings (SSSR count). The fraction of sp³-hybridized carbons (Fsp3) is 0.500. The van der Waals surface area contributed by atoms with Crippen LogP contribution in [-0.4, -0.2) is 5.11 Å². The van der Waals surface area contributed by atoms with Crippen LogP contribution < -0.4 is 0 Å². The van der Waals surface area contributed by atoms with E-state index in [1.165, 1.54) is 0 Å². The number of hydrogen-bond donors (Lipinski definition) is 1. The second-order valence-electron chi connectivity index (χ2n) is 3.61. The number of hydrogen-bond acceptors (Lipinski definition) is 1. The van der Waals surface area contributed by atoms with Gasteiger partial charge in [0.25, 0.3) is 0 Å². The lowest BCUT2D eigenvalue weighted by atomic mass is 9.99. The van der Waals surface area contributed by atoms with Crippen molar-refractivity contribution in [1.29, 1.82) is 0 Å². The quantitative estimate of drug-likeness (QED) is 0.804. The summed E-state index contributed by atoms with van der Waals surface area (Å²) in [5, 5.41) is 10.6. The molecule has 0 aliphatic heterocycles. The Labute approximate surface area is 90.7 Å². The number of benzene rings is 1. The fourth-order valence-electron chi connectivity index (χ4n) is 1.54. The van der Waals surface area contributed by atoms with E-state index in [0.717, 1.165) is 35.4 Å². The Balaban J connectivity index is 2.79. The molecule has 1 aromatic rings. The van der Waals surface area contributed by atoms with Crippen molar-refractivity contribution in [1.82, 2.24) is 0 Å². The van der Waals surface area contributed by atoms with Gasteiger partial charge in [0.05, 0.1) is 6.10 Å². The maximum Gasteiger partial charge on any atom is 0.0793 e. The first-order valence-electron chi connectivity index (χ1n) is 5.10. The molecule has 78 valence electrons. The lowest BCUT2D eigenvalue weighted by molar-refractivity contribution is 0.163. The molecule has 0 heterocycles. The molecule has 1 nitrogen and oxygen atoms in total. The van der Waals surface area contributed by atoms with Gasteiger partial charge >= 0.3 is 0 Å². The first-order valence-corrected chi connectivity index (χ1v) is 5.47. The van der Waals surface area contributed by atoms with Gasteiger partial charge in [-0.2, -0.15) is 0 Å². The van der Waals surface area contributed by atoms with E-state index in [1.54, 1.807) is 0 Å². The molecule has 1 N–H and O–H groups in total. The summed E-state index contributed by atoms with van der Waals surface area (Å²) < 4.78 is 0. The van der Waals surface area contributed by atoms with E-state index in [2.05, 4.69) is 6.92 Å². The van der Waals surface area contributed by atoms with Crippen molar-refractivity contribution in [3.05, 3.63) is 34.3 Å². The molecule has 1 atom stereocenters. The first-order chi connectivity index (χ1) is 6.66. The topological polar surface area (TPSA) is 20.2 Å². The van der Waals surface area contributed by atoms with Crippen molar-refractivity contribution in [3.8, 4) is 0 Å². The van der Waals surface area contributed by atoms with Gasteiger partial charge in [0, 0.05) is 5.02 Å². The minimum atomic E-state index is -0.367. The van der Waals surface area contributed by atoms with Crippen molar-refractivity contribution >= 4 is 11.6 Å². The summed E-state index contributed by atoms with van der Waals surface area (Å²) in [7, 11) is 0. The van der Waals surface area contributed by atoms with Crippen LogP contribution in [0, 0.1) is 6.92 Å². The molecule has 0 radical (unpaired) electrons. The van der Waals surface area contributed by atoms with E-state index in [9.17, 15) is 5.11 Å². The predicted octanol–water partition coefficient (Wildman–Crippen LogP) is 3.87. The van der Waals surface area contributed by atoms with Crippen LogP contribution in [0.4, 0.5) is 0 Å². The summed E-state index contributed by atoms with van der Waals surface area (Å²) in [6.07, 6.45) is 2.61. The standard InChI is InChI=1S/C12H17ClO/c1-3-4-8-12(14)10-6-5-7-11(13)9(10)2/h5-7,12,14H,3-4,8H2,1-2H3. The zero-order valence-corrected chi connectivity index (χ0v) is 9.51. The van der Waals surface area contributed by atoms with Crippen molar-refractivity contribution in [2.24, 2.45) is 0 Å². The van der Waals surface area contributed by atoms with Gasteiger partial charge in [0.15, 0.2) is 0 Å². The maximum atomic E-state index is 9.90. The number of unbranched alkanes of at least 4 members (excludes halogenated alkanes) is 1. The van der Waals surface area contributed by atoms with Crippen LogP contribution >= 0.6 is 11.6 Å². The minimum absolute atomic E-state index is 0.367. The fourth-order valence-corrected chi connectivity index (χ4v) is 1.72. The van der Waals surface area contributed by atoms with Crippen LogP contribution in [0.5, 0.6) is 0 Å². The Morgan fingerprint density at radius 3 is 2.79 bits per heavy atom. The van der Waals surface area contributed by atoms with Gasteiger partial charge in [0.1, 0.15) is 0 Å². The van der Waals surface area contributed by atoms with Crippen LogP contribution in [0.3, 0.4) is 0 Å². The monoisotopic (exact) mass is 212 g/mol. The van der Waals surface area contributed by atoms with Gasteiger partial charge in [0.2, 0.25) is 0 Å². The Morgan fingerprint density at radius 1 is 1.43 bits per heavy atom. The molecule has 0 aromatic heterocycles. The van der Waals surface area contributed by atoms with Gasteiger partial charge in [-0.15, -0.1) is 0 Å². The van der Waals surface area contributed by atoms with Gasteiger partial charge in [-0.1, -0.05) is 43.5 Å². The summed E-state index contributed by atoms with van der Waals surface area (Å²) in [6.45, 7) is 4.07. The molecule has 14 heavy (non-hydrogen) atoms. The summed E-state index contributed by atoms with van der Waals surface area (Å²) in [6, 6.07) is 5.69. The molecule has 0 saturated carbocycles. The molecule has 1 aromatic carbocycles. The Hall–Kier alpha value is -0.530. The van der Waals surface area contributed by atoms with E-state index in [-0.39, 0.29) is 6.10 Å². The van der Waals surface area contributed by atoms with Gasteiger partial charge in [-0.25, -0.2) is 0 Å². The lowest BCUT2D eigenvalue weighted by Crippen LogP contribution is -2.00. The third-order valence-electron chi connectivity index (χ3n) is 2.50. The van der Waals surface area contributed by atoms with Crippen molar-refractivity contribution < 1.29 is 5.11 Å². The molecule has 0 spiro atoms. The molecule has 0 bridgehead atoms. The molecule has 0 saturated heterocycles. The highest BCUT2D eigenvalue weighted by molar-refractivity contribution is 6.31. The van der Waals surface area contributed by atoms with Crippen LogP contribution in [0.2, 0.25) is 5.02 Å². The molecular weight excluding hydrogens is 196 g/mol. The van der Waals surface area contributed by atoms with E-state index >= 15 is 0 Å². The predicted molar refractivity (Wildman–Crippen MR) is 60.7 cm³/mol. The van der Waals surface area contributed by atoms with Crippen LogP contribution in [-0.2, 0) is 0 Å². The number of aliphatic hydroxyl groups excluding tert-OH is 1. The third-order valence-corrected chi connectivity index (χ3v) is 2.91. The third kappa shape index (κ3) is 2.73. The lowest BCUT2D eigenvalue weighted by Gasteiger charge is -2.13. The van der Waals surface area contributed by atoms with Crippen molar-refractivity contribution in [2.75, 3.05) is 0 Å². The van der Waals surface area contributed by atoms with Crippen molar-refractivity contribution in [2.45, 2.75) is 39.2 Å². The molecule has 0 aliphatic rings. The number of rotatable bonds is 4. The second-order valence-corrected chi connectivity index (χ2v) is 4.02. The van der Waals surface area contributed by atoms with E-state index in [4.69, 9.17) is 11.6 Å². The summed E-state index contributed by atoms with van der Waals surface area (Å²) >= 11 is 5.98. The van der Waals surface area contributed by atoms with Crippen LogP contribution in [0.15, 0.2) is 18.2 Å². The van der Waals surface area contributed by atoms with Gasteiger partial charge < -0.3 is 5.11 Å². The summed E-state index contributed by atoms with van der Waals surface area (Å²) in [5.74, 6) is 0. The molecule has 2 heteroatoms. The normalized spacial score (nSPS) is 12.9. The van der Waals surface area contributed by atoms with E-state index in [0.29, 0.717) is 0 Å². The highest BCUT2D eigenvalue weighted by atomic mass is 35.5. The molecule has 0 aliphatic carbocycles. The number of halogens is 1. The average Bonchev–Trinajstić information content (AvgIpc) is 2.18. The minimum Gasteiger partial charge on any atom is -0.388 e. The molecule has 0 amide bonds. The Kier molecular flexibility index (Phi) is 4.43. The highest BCUT2D eigenvalue weighted by Crippen LogP contribution is 2.26. The number of aliphatic hydroxyl groups is 1. The SMILES string of the molecule is CCCCC(O)c1cccc(Cl)c1C.